The Kier molecular flexibility index (Phi) is 10.6. The summed E-state index contributed by atoms with van der Waals surface area (Å²) < 4.78 is 5.25. The van der Waals surface area contributed by atoms with Crippen LogP contribution >= 0.6 is 0 Å². The molecular formula is C29H37N5O5. The van der Waals surface area contributed by atoms with Gasteiger partial charge in [0.2, 0.25) is 11.8 Å². The Morgan fingerprint density at radius 1 is 1.05 bits per heavy atom. The van der Waals surface area contributed by atoms with Gasteiger partial charge in [0.1, 0.15) is 24.2 Å². The standard InChI is InChI=1S/C29H37N5O5/c1-7-20-11-13-21(14-12-20)25(26(36)33-24-18(2)9-8-10-19(24)3)34(16-15-30)27(37)22(17-23(31)35)32-28(38)39-29(4,5)6/h8-14,22,25H,7,16-17H2,1-6H3,(H2,31,35)(H,32,38)(H,33,36). The van der Waals surface area contributed by atoms with Crippen LogP contribution in [-0.4, -0.2) is 46.9 Å². The van der Waals surface area contributed by atoms with Crippen LogP contribution in [0.4, 0.5) is 10.5 Å². The van der Waals surface area contributed by atoms with Crippen LogP contribution in [0, 0.1) is 25.2 Å². The number of hydrogen-bond donors (Lipinski definition) is 3. The summed E-state index contributed by atoms with van der Waals surface area (Å²) in [6, 6.07) is 11.9. The molecule has 10 nitrogen and oxygen atoms in total. The first-order valence-corrected chi connectivity index (χ1v) is 12.7. The van der Waals surface area contributed by atoms with Crippen molar-refractivity contribution in [2.45, 2.75) is 72.1 Å². The summed E-state index contributed by atoms with van der Waals surface area (Å²) in [4.78, 5) is 53.0. The Balaban J connectivity index is 2.57. The van der Waals surface area contributed by atoms with Crippen LogP contribution in [0.1, 0.15) is 62.4 Å². The van der Waals surface area contributed by atoms with E-state index in [0.717, 1.165) is 28.0 Å². The van der Waals surface area contributed by atoms with E-state index < -0.39 is 54.5 Å². The Labute approximate surface area is 229 Å². The maximum absolute atomic E-state index is 13.8. The van der Waals surface area contributed by atoms with Gasteiger partial charge in [-0.3, -0.25) is 14.4 Å². The van der Waals surface area contributed by atoms with Crippen molar-refractivity contribution >= 4 is 29.5 Å². The zero-order chi connectivity index (χ0) is 29.3. The number of anilines is 1. The summed E-state index contributed by atoms with van der Waals surface area (Å²) in [5, 5.41) is 14.9. The van der Waals surface area contributed by atoms with Crippen LogP contribution in [-0.2, 0) is 25.5 Å². The first-order chi connectivity index (χ1) is 18.3. The fourth-order valence-corrected chi connectivity index (χ4v) is 4.04. The lowest BCUT2D eigenvalue weighted by Gasteiger charge is -2.33. The zero-order valence-electron chi connectivity index (χ0n) is 23.3. The summed E-state index contributed by atoms with van der Waals surface area (Å²) >= 11 is 0. The molecule has 2 unspecified atom stereocenters. The summed E-state index contributed by atoms with van der Waals surface area (Å²) in [6.45, 7) is 10.1. The number of alkyl carbamates (subject to hydrolysis) is 1. The number of nitriles is 1. The van der Waals surface area contributed by atoms with Crippen LogP contribution in [0.5, 0.6) is 0 Å². The molecular weight excluding hydrogens is 498 g/mol. The highest BCUT2D eigenvalue weighted by atomic mass is 16.6. The predicted octanol–water partition coefficient (Wildman–Crippen LogP) is 3.67. The summed E-state index contributed by atoms with van der Waals surface area (Å²) in [5.74, 6) is -2.25. The lowest BCUT2D eigenvalue weighted by Crippen LogP contribution is -2.53. The number of ether oxygens (including phenoxy) is 1. The molecule has 0 bridgehead atoms. The molecule has 2 rings (SSSR count). The monoisotopic (exact) mass is 535 g/mol. The maximum atomic E-state index is 13.8. The number of amides is 4. The van der Waals surface area contributed by atoms with Crippen molar-refractivity contribution in [3.8, 4) is 6.07 Å². The first kappa shape index (κ1) is 30.8. The van der Waals surface area contributed by atoms with Crippen molar-refractivity contribution in [3.63, 3.8) is 0 Å². The first-order valence-electron chi connectivity index (χ1n) is 12.7. The van der Waals surface area contributed by atoms with Crippen LogP contribution in [0.25, 0.3) is 0 Å². The van der Waals surface area contributed by atoms with Crippen molar-refractivity contribution in [1.29, 1.82) is 5.26 Å². The Hall–Kier alpha value is -4.39. The van der Waals surface area contributed by atoms with Gasteiger partial charge in [0.15, 0.2) is 0 Å². The number of primary amides is 1. The fraction of sp³-hybridized carbons (Fsp3) is 0.414. The molecule has 0 aliphatic carbocycles. The third-order valence-electron chi connectivity index (χ3n) is 5.91. The van der Waals surface area contributed by atoms with Crippen molar-refractivity contribution < 1.29 is 23.9 Å². The molecule has 0 heterocycles. The molecule has 208 valence electrons. The molecule has 2 aromatic carbocycles. The number of nitrogens with two attached hydrogens (primary N) is 1. The van der Waals surface area contributed by atoms with E-state index in [1.807, 2.05) is 57.2 Å². The highest BCUT2D eigenvalue weighted by molar-refractivity contribution is 6.00. The summed E-state index contributed by atoms with van der Waals surface area (Å²) in [6.07, 6.45) is -0.733. The van der Waals surface area contributed by atoms with E-state index in [0.29, 0.717) is 11.3 Å². The molecule has 0 aliphatic rings. The number of benzene rings is 2. The highest BCUT2D eigenvalue weighted by Gasteiger charge is 2.37. The van der Waals surface area contributed by atoms with Gasteiger partial charge >= 0.3 is 6.09 Å². The van der Waals surface area contributed by atoms with E-state index in [1.54, 1.807) is 32.9 Å². The molecule has 39 heavy (non-hydrogen) atoms. The maximum Gasteiger partial charge on any atom is 0.408 e. The van der Waals surface area contributed by atoms with Gasteiger partial charge in [-0.25, -0.2) is 4.79 Å². The molecule has 0 aromatic heterocycles. The van der Waals surface area contributed by atoms with Gasteiger partial charge in [-0.1, -0.05) is 49.4 Å². The smallest absolute Gasteiger partial charge is 0.408 e. The third kappa shape index (κ3) is 8.85. The number of carbonyl (C=O) groups is 4. The van der Waals surface area contributed by atoms with Crippen molar-refractivity contribution in [2.75, 3.05) is 11.9 Å². The van der Waals surface area contributed by atoms with Crippen molar-refractivity contribution in [2.24, 2.45) is 5.73 Å². The average molecular weight is 536 g/mol. The fourth-order valence-electron chi connectivity index (χ4n) is 4.04. The molecule has 10 heteroatoms. The molecule has 0 radical (unpaired) electrons. The van der Waals surface area contributed by atoms with Gasteiger partial charge < -0.3 is 26.0 Å². The zero-order valence-corrected chi connectivity index (χ0v) is 23.3. The number of rotatable bonds is 10. The Bertz CT molecular complexity index is 1220. The van der Waals surface area contributed by atoms with Gasteiger partial charge in [0.05, 0.1) is 12.5 Å². The minimum atomic E-state index is -1.46. The molecule has 0 aliphatic heterocycles. The molecule has 0 saturated carbocycles. The van der Waals surface area contributed by atoms with Gasteiger partial charge in [-0.15, -0.1) is 0 Å². The molecule has 4 amide bonds. The second-order valence-electron chi connectivity index (χ2n) is 10.2. The summed E-state index contributed by atoms with van der Waals surface area (Å²) in [7, 11) is 0. The number of nitrogens with zero attached hydrogens (tertiary/aromatic N) is 2. The van der Waals surface area contributed by atoms with Crippen LogP contribution in [0.3, 0.4) is 0 Å². The highest BCUT2D eigenvalue weighted by Crippen LogP contribution is 2.27. The number of hydrogen-bond acceptors (Lipinski definition) is 6. The third-order valence-corrected chi connectivity index (χ3v) is 5.91. The molecule has 2 atom stereocenters. The number of aryl methyl sites for hydroxylation is 3. The van der Waals surface area contributed by atoms with E-state index in [2.05, 4.69) is 10.6 Å². The largest absolute Gasteiger partial charge is 0.444 e. The van der Waals surface area contributed by atoms with Crippen molar-refractivity contribution in [3.05, 3.63) is 64.7 Å². The van der Waals surface area contributed by atoms with E-state index >= 15 is 0 Å². The minimum absolute atomic E-state index is 0.453. The van der Waals surface area contributed by atoms with E-state index in [1.165, 1.54) is 0 Å². The minimum Gasteiger partial charge on any atom is -0.444 e. The van der Waals surface area contributed by atoms with Crippen LogP contribution in [0.2, 0.25) is 0 Å². The molecule has 0 spiro atoms. The van der Waals surface area contributed by atoms with Gasteiger partial charge in [-0.2, -0.15) is 5.26 Å². The van der Waals surface area contributed by atoms with Gasteiger partial charge in [0, 0.05) is 5.69 Å². The summed E-state index contributed by atoms with van der Waals surface area (Å²) in [5.41, 5.74) is 8.20. The second kappa shape index (κ2) is 13.4. The molecule has 2 aromatic rings. The molecule has 0 fully saturated rings. The second-order valence-corrected chi connectivity index (χ2v) is 10.2. The predicted molar refractivity (Wildman–Crippen MR) is 147 cm³/mol. The van der Waals surface area contributed by atoms with Crippen molar-refractivity contribution in [1.82, 2.24) is 10.2 Å². The van der Waals surface area contributed by atoms with Gasteiger partial charge in [0.25, 0.3) is 5.91 Å². The van der Waals surface area contributed by atoms with E-state index in [4.69, 9.17) is 10.5 Å². The van der Waals surface area contributed by atoms with E-state index in [9.17, 15) is 24.4 Å². The molecule has 4 N–H and O–H groups in total. The lowest BCUT2D eigenvalue weighted by molar-refractivity contribution is -0.141. The number of carbonyl (C=O) groups excluding carboxylic acids is 4. The average Bonchev–Trinajstić information content (AvgIpc) is 2.84. The normalized spacial score (nSPS) is 12.4. The van der Waals surface area contributed by atoms with Gasteiger partial charge in [-0.05, 0) is 63.3 Å². The Morgan fingerprint density at radius 3 is 2.13 bits per heavy atom. The Morgan fingerprint density at radius 2 is 1.64 bits per heavy atom. The van der Waals surface area contributed by atoms with E-state index in [-0.39, 0.29) is 0 Å². The quantitative estimate of drug-likeness (QED) is 0.394. The van der Waals surface area contributed by atoms with Crippen LogP contribution in [0.15, 0.2) is 42.5 Å². The number of nitrogens with one attached hydrogen (secondary N) is 2. The lowest BCUT2D eigenvalue weighted by atomic mass is 9.99. The number of para-hydroxylation sites is 1. The molecule has 0 saturated heterocycles. The SMILES string of the molecule is CCc1ccc(C(C(=O)Nc2c(C)cccc2C)N(CC#N)C(=O)C(CC(N)=O)NC(=O)OC(C)(C)C)cc1. The van der Waals surface area contributed by atoms with Crippen LogP contribution < -0.4 is 16.4 Å². The topological polar surface area (TPSA) is 155 Å².